The fourth-order valence-electron chi connectivity index (χ4n) is 4.31. The van der Waals surface area contributed by atoms with E-state index < -0.39 is 29.2 Å². The minimum Gasteiger partial charge on any atom is -0.206 e. The molecule has 0 unspecified atom stereocenters. The number of unbranched alkanes of at least 4 members (excludes halogenated alkanes) is 3. The summed E-state index contributed by atoms with van der Waals surface area (Å²) >= 11 is 0. The summed E-state index contributed by atoms with van der Waals surface area (Å²) in [4.78, 5) is 0. The molecule has 0 saturated heterocycles. The summed E-state index contributed by atoms with van der Waals surface area (Å²) in [5.74, 6) is -4.35. The van der Waals surface area contributed by atoms with Crippen LogP contribution in [0.4, 0.5) is 26.3 Å². The van der Waals surface area contributed by atoms with Crippen LogP contribution in [-0.2, 0) is 12.6 Å². The minimum atomic E-state index is -5.18. The van der Waals surface area contributed by atoms with Crippen LogP contribution in [0, 0.1) is 17.5 Å². The van der Waals surface area contributed by atoms with Gasteiger partial charge in [0.2, 0.25) is 0 Å². The molecule has 0 radical (unpaired) electrons. The van der Waals surface area contributed by atoms with E-state index in [1.807, 2.05) is 24.3 Å². The molecule has 0 aromatic heterocycles. The molecule has 4 rings (SSSR count). The zero-order valence-electron chi connectivity index (χ0n) is 19.2. The van der Waals surface area contributed by atoms with Gasteiger partial charge in [-0.15, -0.1) is 0 Å². The van der Waals surface area contributed by atoms with Gasteiger partial charge in [0.25, 0.3) is 0 Å². The lowest BCUT2D eigenvalue weighted by Crippen LogP contribution is -2.11. The first-order chi connectivity index (χ1) is 16.7. The van der Waals surface area contributed by atoms with Gasteiger partial charge in [0.1, 0.15) is 23.0 Å². The molecule has 0 aliphatic carbocycles. The number of alkyl halides is 3. The number of fused-ring (bicyclic) bond motifs is 1. The highest BCUT2D eigenvalue weighted by Gasteiger charge is 2.38. The SMILES string of the molecule is CCCCCCc1ccc2cc(-c3ccc(-c4cc(F)c(C(F)(F)F)c(F)c4)c(F)c3)ccc2c1. The highest BCUT2D eigenvalue weighted by molar-refractivity contribution is 5.88. The summed E-state index contributed by atoms with van der Waals surface area (Å²) < 4.78 is 81.3. The molecule has 0 atom stereocenters. The van der Waals surface area contributed by atoms with Crippen molar-refractivity contribution in [3.63, 3.8) is 0 Å². The van der Waals surface area contributed by atoms with Gasteiger partial charge in [-0.05, 0) is 70.1 Å². The lowest BCUT2D eigenvalue weighted by atomic mass is 9.96. The summed E-state index contributed by atoms with van der Waals surface area (Å²) in [6.45, 7) is 2.18. The Balaban J connectivity index is 1.60. The van der Waals surface area contributed by atoms with Crippen molar-refractivity contribution in [1.29, 1.82) is 0 Å². The van der Waals surface area contributed by atoms with Crippen LogP contribution >= 0.6 is 0 Å². The molecule has 6 heteroatoms. The second-order valence-corrected chi connectivity index (χ2v) is 8.71. The highest BCUT2D eigenvalue weighted by atomic mass is 19.4. The van der Waals surface area contributed by atoms with Crippen LogP contribution < -0.4 is 0 Å². The van der Waals surface area contributed by atoms with Crippen molar-refractivity contribution in [2.45, 2.75) is 45.2 Å². The molecule has 0 nitrogen and oxygen atoms in total. The van der Waals surface area contributed by atoms with E-state index in [4.69, 9.17) is 0 Å². The van der Waals surface area contributed by atoms with Crippen molar-refractivity contribution in [2.24, 2.45) is 0 Å². The van der Waals surface area contributed by atoms with Crippen LogP contribution in [0.5, 0.6) is 0 Å². The maximum absolute atomic E-state index is 14.9. The Hall–Kier alpha value is -3.28. The predicted octanol–water partition coefficient (Wildman–Crippen LogP) is 9.73. The molecule has 0 fully saturated rings. The van der Waals surface area contributed by atoms with Crippen molar-refractivity contribution in [3.05, 3.63) is 95.3 Å². The predicted molar refractivity (Wildman–Crippen MR) is 128 cm³/mol. The molecule has 4 aromatic carbocycles. The quantitative estimate of drug-likeness (QED) is 0.180. The Morgan fingerprint density at radius 3 is 1.86 bits per heavy atom. The molecule has 0 aliphatic rings. The minimum absolute atomic E-state index is 0.186. The van der Waals surface area contributed by atoms with Gasteiger partial charge in [0.15, 0.2) is 0 Å². The molecule has 0 N–H and O–H groups in total. The van der Waals surface area contributed by atoms with Gasteiger partial charge in [0.05, 0.1) is 0 Å². The zero-order chi connectivity index (χ0) is 25.2. The summed E-state index contributed by atoms with van der Waals surface area (Å²) in [7, 11) is 0. The molecular formula is C29H24F6. The number of halogens is 6. The number of benzene rings is 4. The molecule has 0 spiro atoms. The molecule has 4 aromatic rings. The van der Waals surface area contributed by atoms with E-state index in [-0.39, 0.29) is 11.1 Å². The lowest BCUT2D eigenvalue weighted by molar-refractivity contribution is -0.142. The maximum Gasteiger partial charge on any atom is 0.422 e. The van der Waals surface area contributed by atoms with Crippen LogP contribution in [-0.4, -0.2) is 0 Å². The fraction of sp³-hybridized carbons (Fsp3) is 0.241. The monoisotopic (exact) mass is 486 g/mol. The van der Waals surface area contributed by atoms with Crippen LogP contribution in [0.15, 0.2) is 66.7 Å². The van der Waals surface area contributed by atoms with E-state index >= 15 is 0 Å². The third kappa shape index (κ3) is 5.53. The Kier molecular flexibility index (Phi) is 7.20. The summed E-state index contributed by atoms with van der Waals surface area (Å²) in [6, 6.07) is 17.2. The van der Waals surface area contributed by atoms with Crippen LogP contribution in [0.25, 0.3) is 33.0 Å². The van der Waals surface area contributed by atoms with E-state index in [0.717, 1.165) is 29.2 Å². The van der Waals surface area contributed by atoms with E-state index in [9.17, 15) is 26.3 Å². The molecule has 0 heterocycles. The first-order valence-electron chi connectivity index (χ1n) is 11.6. The normalized spacial score (nSPS) is 11.9. The Labute approximate surface area is 200 Å². The van der Waals surface area contributed by atoms with Crippen molar-refractivity contribution < 1.29 is 26.3 Å². The molecule has 0 saturated carbocycles. The van der Waals surface area contributed by atoms with Gasteiger partial charge < -0.3 is 0 Å². The van der Waals surface area contributed by atoms with E-state index in [2.05, 4.69) is 19.1 Å². The molecule has 35 heavy (non-hydrogen) atoms. The number of hydrogen-bond acceptors (Lipinski definition) is 0. The van der Waals surface area contributed by atoms with Gasteiger partial charge in [-0.3, -0.25) is 0 Å². The number of hydrogen-bond donors (Lipinski definition) is 0. The first-order valence-corrected chi connectivity index (χ1v) is 11.6. The van der Waals surface area contributed by atoms with E-state index in [1.165, 1.54) is 37.0 Å². The van der Waals surface area contributed by atoms with Crippen molar-refractivity contribution >= 4 is 10.8 Å². The third-order valence-corrected chi connectivity index (χ3v) is 6.16. The third-order valence-electron chi connectivity index (χ3n) is 6.16. The molecular weight excluding hydrogens is 462 g/mol. The van der Waals surface area contributed by atoms with Gasteiger partial charge in [-0.1, -0.05) is 68.7 Å². The maximum atomic E-state index is 14.9. The van der Waals surface area contributed by atoms with Crippen molar-refractivity contribution in [1.82, 2.24) is 0 Å². The fourth-order valence-corrected chi connectivity index (χ4v) is 4.31. The van der Waals surface area contributed by atoms with Crippen molar-refractivity contribution in [3.8, 4) is 22.3 Å². The molecule has 182 valence electrons. The molecule has 0 amide bonds. The molecule has 0 aliphatic heterocycles. The van der Waals surface area contributed by atoms with Gasteiger partial charge in [0, 0.05) is 5.56 Å². The second-order valence-electron chi connectivity index (χ2n) is 8.71. The summed E-state index contributed by atoms with van der Waals surface area (Å²) in [6.07, 6.45) is 0.627. The highest BCUT2D eigenvalue weighted by Crippen LogP contribution is 2.37. The summed E-state index contributed by atoms with van der Waals surface area (Å²) in [5, 5.41) is 2.07. The summed E-state index contributed by atoms with van der Waals surface area (Å²) in [5.41, 5.74) is 0.0928. The van der Waals surface area contributed by atoms with Gasteiger partial charge in [-0.2, -0.15) is 13.2 Å². The average molecular weight is 486 g/mol. The number of rotatable bonds is 7. The molecule has 0 bridgehead atoms. The first kappa shape index (κ1) is 24.8. The smallest absolute Gasteiger partial charge is 0.206 e. The Morgan fingerprint density at radius 2 is 1.20 bits per heavy atom. The van der Waals surface area contributed by atoms with E-state index in [0.29, 0.717) is 17.7 Å². The second kappa shape index (κ2) is 10.1. The lowest BCUT2D eigenvalue weighted by Gasteiger charge is -2.12. The average Bonchev–Trinajstić information content (AvgIpc) is 2.80. The van der Waals surface area contributed by atoms with Crippen LogP contribution in [0.3, 0.4) is 0 Å². The zero-order valence-corrected chi connectivity index (χ0v) is 19.2. The van der Waals surface area contributed by atoms with Crippen molar-refractivity contribution in [2.75, 3.05) is 0 Å². The number of aryl methyl sites for hydroxylation is 1. The van der Waals surface area contributed by atoms with Crippen LogP contribution in [0.2, 0.25) is 0 Å². The Morgan fingerprint density at radius 1 is 0.600 bits per heavy atom. The van der Waals surface area contributed by atoms with Crippen LogP contribution in [0.1, 0.15) is 43.7 Å². The van der Waals surface area contributed by atoms with Gasteiger partial charge >= 0.3 is 6.18 Å². The largest absolute Gasteiger partial charge is 0.422 e. The van der Waals surface area contributed by atoms with E-state index in [1.54, 1.807) is 6.07 Å². The van der Waals surface area contributed by atoms with Gasteiger partial charge in [-0.25, -0.2) is 13.2 Å². The Bertz CT molecular complexity index is 1330. The standard InChI is InChI=1S/C29H24F6/c1-2-3-4-5-6-18-7-8-20-14-21(10-9-19(20)13-18)22-11-12-24(25(30)15-22)23-16-26(31)28(27(32)17-23)29(33,34)35/h7-17H,2-6H2,1H3. The topological polar surface area (TPSA) is 0 Å².